The number of hydrogen-bond donors (Lipinski definition) is 1. The van der Waals surface area contributed by atoms with Crippen molar-refractivity contribution in [2.75, 3.05) is 6.54 Å². The number of unbranched alkanes of at least 4 members (excludes halogenated alkanes) is 2. The van der Waals surface area contributed by atoms with Crippen LogP contribution in [0.3, 0.4) is 0 Å². The van der Waals surface area contributed by atoms with E-state index in [1.165, 1.54) is 38.6 Å². The zero-order valence-corrected chi connectivity index (χ0v) is 6.60. The second-order valence-corrected chi connectivity index (χ2v) is 3.01. The van der Waals surface area contributed by atoms with Crippen molar-refractivity contribution < 1.29 is 0 Å². The normalized spacial score (nSPS) is 23.8. The molecular formula is C9H17N. The Bertz CT molecular complexity index is 94.9. The van der Waals surface area contributed by atoms with E-state index in [-0.39, 0.29) is 0 Å². The lowest BCUT2D eigenvalue weighted by Gasteiger charge is -2.27. The molecule has 1 rings (SSSR count). The lowest BCUT2D eigenvalue weighted by atomic mass is 10.0. The van der Waals surface area contributed by atoms with Crippen LogP contribution in [-0.2, 0) is 0 Å². The van der Waals surface area contributed by atoms with E-state index in [0.717, 1.165) is 6.04 Å². The summed E-state index contributed by atoms with van der Waals surface area (Å²) in [7, 11) is 0. The van der Waals surface area contributed by atoms with Crippen LogP contribution >= 0.6 is 0 Å². The van der Waals surface area contributed by atoms with Crippen LogP contribution in [0, 0.1) is 0 Å². The van der Waals surface area contributed by atoms with Gasteiger partial charge in [0.15, 0.2) is 0 Å². The van der Waals surface area contributed by atoms with Gasteiger partial charge in [0.1, 0.15) is 0 Å². The van der Waals surface area contributed by atoms with E-state index in [1.54, 1.807) is 0 Å². The fourth-order valence-electron chi connectivity index (χ4n) is 1.27. The van der Waals surface area contributed by atoms with Crippen LogP contribution in [0.2, 0.25) is 0 Å². The minimum atomic E-state index is 0.852. The average molecular weight is 139 g/mol. The molecule has 1 saturated heterocycles. The van der Waals surface area contributed by atoms with Gasteiger partial charge in [-0.05, 0) is 32.2 Å². The van der Waals surface area contributed by atoms with Gasteiger partial charge >= 0.3 is 0 Å². The molecule has 1 heteroatoms. The molecule has 0 aliphatic carbocycles. The Morgan fingerprint density at radius 3 is 2.80 bits per heavy atom. The number of allylic oxidation sites excluding steroid dienone is 1. The fraction of sp³-hybridized carbons (Fsp3) is 0.778. The molecule has 1 heterocycles. The summed E-state index contributed by atoms with van der Waals surface area (Å²) in [5, 5.41) is 3.40. The molecule has 1 fully saturated rings. The van der Waals surface area contributed by atoms with E-state index in [4.69, 9.17) is 0 Å². The highest BCUT2D eigenvalue weighted by Crippen LogP contribution is 2.11. The molecule has 0 aromatic rings. The molecule has 0 radical (unpaired) electrons. The van der Waals surface area contributed by atoms with Gasteiger partial charge in [0.25, 0.3) is 0 Å². The topological polar surface area (TPSA) is 12.0 Å². The summed E-state index contributed by atoms with van der Waals surface area (Å²) in [6.45, 7) is 4.94. The second kappa shape index (κ2) is 4.51. The Balaban J connectivity index is 1.80. The summed E-state index contributed by atoms with van der Waals surface area (Å²) in [5.41, 5.74) is 0. The molecule has 1 aliphatic heterocycles. The summed E-state index contributed by atoms with van der Waals surface area (Å²) >= 11 is 0. The van der Waals surface area contributed by atoms with Crippen LogP contribution in [0.4, 0.5) is 0 Å². The Hall–Kier alpha value is -0.300. The second-order valence-electron chi connectivity index (χ2n) is 3.01. The third kappa shape index (κ3) is 2.53. The highest BCUT2D eigenvalue weighted by Gasteiger charge is 2.14. The van der Waals surface area contributed by atoms with Crippen molar-refractivity contribution in [3.63, 3.8) is 0 Å². The summed E-state index contributed by atoms with van der Waals surface area (Å²) in [6.07, 6.45) is 8.65. The summed E-state index contributed by atoms with van der Waals surface area (Å²) < 4.78 is 0. The van der Waals surface area contributed by atoms with Crippen molar-refractivity contribution in [1.82, 2.24) is 5.32 Å². The molecule has 1 unspecified atom stereocenters. The molecule has 1 atom stereocenters. The molecule has 1 N–H and O–H groups in total. The van der Waals surface area contributed by atoms with Gasteiger partial charge in [0.2, 0.25) is 0 Å². The van der Waals surface area contributed by atoms with E-state index in [9.17, 15) is 0 Å². The molecule has 0 bridgehead atoms. The van der Waals surface area contributed by atoms with Crippen molar-refractivity contribution in [2.24, 2.45) is 0 Å². The lowest BCUT2D eigenvalue weighted by Crippen LogP contribution is -2.42. The first kappa shape index (κ1) is 7.80. The van der Waals surface area contributed by atoms with Gasteiger partial charge < -0.3 is 5.32 Å². The van der Waals surface area contributed by atoms with Crippen molar-refractivity contribution in [1.29, 1.82) is 0 Å². The zero-order chi connectivity index (χ0) is 7.23. The molecule has 1 nitrogen and oxygen atoms in total. The van der Waals surface area contributed by atoms with Crippen LogP contribution in [0.15, 0.2) is 12.7 Å². The fourth-order valence-corrected chi connectivity index (χ4v) is 1.27. The van der Waals surface area contributed by atoms with Gasteiger partial charge in [0.05, 0.1) is 0 Å². The van der Waals surface area contributed by atoms with Gasteiger partial charge in [0, 0.05) is 6.04 Å². The predicted octanol–water partition coefficient (Wildman–Crippen LogP) is 2.09. The maximum Gasteiger partial charge on any atom is 0.00791 e. The Morgan fingerprint density at radius 2 is 2.30 bits per heavy atom. The highest BCUT2D eigenvalue weighted by molar-refractivity contribution is 4.77. The highest BCUT2D eigenvalue weighted by atomic mass is 15.0. The molecule has 0 aromatic heterocycles. The quantitative estimate of drug-likeness (QED) is 0.454. The first-order chi connectivity index (χ1) is 4.93. The monoisotopic (exact) mass is 139 g/mol. The Morgan fingerprint density at radius 1 is 1.50 bits per heavy atom. The Kier molecular flexibility index (Phi) is 3.52. The van der Waals surface area contributed by atoms with E-state index >= 15 is 0 Å². The van der Waals surface area contributed by atoms with Crippen molar-refractivity contribution in [3.05, 3.63) is 12.7 Å². The SMILES string of the molecule is C=CCCCCC1CCN1. The summed E-state index contributed by atoms with van der Waals surface area (Å²) in [5.74, 6) is 0. The van der Waals surface area contributed by atoms with E-state index in [1.807, 2.05) is 6.08 Å². The summed E-state index contributed by atoms with van der Waals surface area (Å²) in [4.78, 5) is 0. The van der Waals surface area contributed by atoms with Crippen LogP contribution in [-0.4, -0.2) is 12.6 Å². The standard InChI is InChI=1S/C9H17N/c1-2-3-4-5-6-9-7-8-10-9/h2,9-10H,1,3-8H2. The van der Waals surface area contributed by atoms with Gasteiger partial charge in [-0.1, -0.05) is 12.5 Å². The minimum Gasteiger partial charge on any atom is -0.314 e. The van der Waals surface area contributed by atoms with Crippen molar-refractivity contribution >= 4 is 0 Å². The van der Waals surface area contributed by atoms with Crippen LogP contribution in [0.1, 0.15) is 32.1 Å². The number of rotatable bonds is 5. The predicted molar refractivity (Wildman–Crippen MR) is 45.1 cm³/mol. The van der Waals surface area contributed by atoms with E-state index in [2.05, 4.69) is 11.9 Å². The molecule has 0 amide bonds. The molecule has 0 spiro atoms. The Labute approximate surface area is 63.5 Å². The molecule has 10 heavy (non-hydrogen) atoms. The molecule has 0 aromatic carbocycles. The van der Waals surface area contributed by atoms with Crippen LogP contribution in [0.25, 0.3) is 0 Å². The smallest absolute Gasteiger partial charge is 0.00791 e. The number of nitrogens with one attached hydrogen (secondary N) is 1. The first-order valence-corrected chi connectivity index (χ1v) is 4.28. The zero-order valence-electron chi connectivity index (χ0n) is 6.60. The number of hydrogen-bond acceptors (Lipinski definition) is 1. The lowest BCUT2D eigenvalue weighted by molar-refractivity contribution is 0.341. The van der Waals surface area contributed by atoms with Crippen LogP contribution < -0.4 is 5.32 Å². The third-order valence-corrected chi connectivity index (χ3v) is 2.14. The largest absolute Gasteiger partial charge is 0.314 e. The van der Waals surface area contributed by atoms with Gasteiger partial charge in [-0.3, -0.25) is 0 Å². The van der Waals surface area contributed by atoms with Gasteiger partial charge in [-0.25, -0.2) is 0 Å². The minimum absolute atomic E-state index is 0.852. The van der Waals surface area contributed by atoms with Crippen LogP contribution in [0.5, 0.6) is 0 Å². The molecule has 58 valence electrons. The van der Waals surface area contributed by atoms with Crippen molar-refractivity contribution in [3.8, 4) is 0 Å². The first-order valence-electron chi connectivity index (χ1n) is 4.28. The third-order valence-electron chi connectivity index (χ3n) is 2.14. The van der Waals surface area contributed by atoms with E-state index < -0.39 is 0 Å². The average Bonchev–Trinajstić information content (AvgIpc) is 1.84. The molecule has 1 aliphatic rings. The molecular weight excluding hydrogens is 122 g/mol. The van der Waals surface area contributed by atoms with Crippen molar-refractivity contribution in [2.45, 2.75) is 38.1 Å². The van der Waals surface area contributed by atoms with E-state index in [0.29, 0.717) is 0 Å². The maximum absolute atomic E-state index is 3.70. The maximum atomic E-state index is 3.70. The van der Waals surface area contributed by atoms with Gasteiger partial charge in [-0.2, -0.15) is 0 Å². The van der Waals surface area contributed by atoms with Gasteiger partial charge in [-0.15, -0.1) is 6.58 Å². The summed E-state index contributed by atoms with van der Waals surface area (Å²) in [6, 6.07) is 0.852. The molecule has 0 saturated carbocycles.